The summed E-state index contributed by atoms with van der Waals surface area (Å²) in [6.07, 6.45) is 1.78. The molecule has 2 aromatic heterocycles. The van der Waals surface area contributed by atoms with Crippen LogP contribution in [0.5, 0.6) is 0 Å². The number of aryl methyl sites for hydroxylation is 1. The molecule has 25 heavy (non-hydrogen) atoms. The van der Waals surface area contributed by atoms with Gasteiger partial charge in [-0.3, -0.25) is 0 Å². The van der Waals surface area contributed by atoms with E-state index in [-0.39, 0.29) is 0 Å². The van der Waals surface area contributed by atoms with Gasteiger partial charge >= 0.3 is 0 Å². The van der Waals surface area contributed by atoms with Gasteiger partial charge in [-0.05, 0) is 48.9 Å². The fourth-order valence-electron chi connectivity index (χ4n) is 2.50. The van der Waals surface area contributed by atoms with E-state index in [1.54, 1.807) is 11.0 Å². The molecule has 0 unspecified atom stereocenters. The van der Waals surface area contributed by atoms with Gasteiger partial charge in [-0.15, -0.1) is 21.5 Å². The Hall–Kier alpha value is -2.15. The first-order valence-corrected chi connectivity index (χ1v) is 9.13. The van der Waals surface area contributed by atoms with Crippen LogP contribution in [0, 0.1) is 6.92 Å². The number of fused-ring (bicyclic) bond motifs is 1. The van der Waals surface area contributed by atoms with Gasteiger partial charge in [-0.25, -0.2) is 4.98 Å². The lowest BCUT2D eigenvalue weighted by molar-refractivity contribution is 0.766. The predicted octanol–water partition coefficient (Wildman–Crippen LogP) is 5.10. The van der Waals surface area contributed by atoms with E-state index in [2.05, 4.69) is 20.5 Å². The van der Waals surface area contributed by atoms with E-state index >= 15 is 0 Å². The van der Waals surface area contributed by atoms with Crippen molar-refractivity contribution < 1.29 is 0 Å². The molecule has 0 aliphatic rings. The molecule has 0 saturated carbocycles. The third-order valence-corrected chi connectivity index (χ3v) is 5.13. The molecule has 8 heteroatoms. The number of hydrogen-bond donors (Lipinski definition) is 1. The van der Waals surface area contributed by atoms with E-state index in [4.69, 9.17) is 23.2 Å². The molecule has 0 saturated heterocycles. The number of nitrogens with one attached hydrogen (secondary N) is 1. The Labute approximate surface area is 158 Å². The highest BCUT2D eigenvalue weighted by Gasteiger charge is 2.09. The zero-order valence-electron chi connectivity index (χ0n) is 13.2. The number of thiazole rings is 1. The van der Waals surface area contributed by atoms with Crippen LogP contribution in [0.2, 0.25) is 9.49 Å². The number of halogens is 2. The highest BCUT2D eigenvalue weighted by atomic mass is 35.5. The van der Waals surface area contributed by atoms with Crippen LogP contribution in [-0.2, 0) is 6.54 Å². The van der Waals surface area contributed by atoms with Gasteiger partial charge in [0.25, 0.3) is 0 Å². The highest BCUT2D eigenvalue weighted by Crippen LogP contribution is 2.24. The van der Waals surface area contributed by atoms with Crippen molar-refractivity contribution in [3.05, 3.63) is 62.5 Å². The molecule has 0 atom stereocenters. The number of rotatable bonds is 4. The van der Waals surface area contributed by atoms with Gasteiger partial charge in [0.15, 0.2) is 4.47 Å². The van der Waals surface area contributed by atoms with E-state index in [0.29, 0.717) is 16.0 Å². The van der Waals surface area contributed by atoms with Crippen LogP contribution in [0.3, 0.4) is 0 Å². The number of anilines is 1. The van der Waals surface area contributed by atoms with Crippen LogP contribution in [0.25, 0.3) is 16.7 Å². The molecule has 2 aromatic carbocycles. The summed E-state index contributed by atoms with van der Waals surface area (Å²) in [6, 6.07) is 11.5. The van der Waals surface area contributed by atoms with Gasteiger partial charge in [0.1, 0.15) is 11.0 Å². The molecule has 4 rings (SSSR count). The molecule has 0 spiro atoms. The van der Waals surface area contributed by atoms with Gasteiger partial charge in [0.2, 0.25) is 0 Å². The first-order chi connectivity index (χ1) is 12.1. The lowest BCUT2D eigenvalue weighted by atomic mass is 10.1. The third kappa shape index (κ3) is 3.46. The minimum Gasteiger partial charge on any atom is -0.380 e. The largest absolute Gasteiger partial charge is 0.380 e. The van der Waals surface area contributed by atoms with Gasteiger partial charge in [0, 0.05) is 21.8 Å². The summed E-state index contributed by atoms with van der Waals surface area (Å²) in [7, 11) is 0. The van der Waals surface area contributed by atoms with E-state index in [1.165, 1.54) is 11.3 Å². The molecule has 0 aliphatic heterocycles. The summed E-state index contributed by atoms with van der Waals surface area (Å²) in [6.45, 7) is 2.71. The van der Waals surface area contributed by atoms with Crippen molar-refractivity contribution in [1.82, 2.24) is 20.0 Å². The molecule has 0 fully saturated rings. The number of hydrogen-bond acceptors (Lipinski definition) is 5. The molecule has 4 aromatic rings. The molecule has 0 aliphatic carbocycles. The van der Waals surface area contributed by atoms with Crippen LogP contribution in [-0.4, -0.2) is 20.0 Å². The second kappa shape index (κ2) is 6.63. The molecule has 0 amide bonds. The normalized spacial score (nSPS) is 11.2. The lowest BCUT2D eigenvalue weighted by Gasteiger charge is -2.07. The van der Waals surface area contributed by atoms with Crippen molar-refractivity contribution in [3.8, 4) is 5.69 Å². The maximum atomic E-state index is 5.94. The smallest absolute Gasteiger partial charge is 0.183 e. The molecular formula is C17H13Cl2N5S. The van der Waals surface area contributed by atoms with Gasteiger partial charge in [0.05, 0.1) is 12.2 Å². The standard InChI is InChI=1S/C17H13Cl2N5S/c1-10-6-15-16(7-14(10)20-8-13-9-21-17(19)25-13)23-24(22-15)12-4-2-11(18)3-5-12/h2-7,9,20H,8H2,1H3. The predicted molar refractivity (Wildman–Crippen MR) is 103 cm³/mol. The Balaban J connectivity index is 1.63. The molecule has 0 radical (unpaired) electrons. The van der Waals surface area contributed by atoms with E-state index < -0.39 is 0 Å². The second-order valence-corrected chi connectivity index (χ2v) is 7.69. The minimum atomic E-state index is 0.551. The number of aromatic nitrogens is 4. The van der Waals surface area contributed by atoms with Gasteiger partial charge in [-0.2, -0.15) is 4.80 Å². The van der Waals surface area contributed by atoms with Crippen LogP contribution in [0.4, 0.5) is 5.69 Å². The molecule has 2 heterocycles. The van der Waals surface area contributed by atoms with E-state index in [1.807, 2.05) is 43.3 Å². The van der Waals surface area contributed by atoms with Crippen molar-refractivity contribution in [1.29, 1.82) is 0 Å². The highest BCUT2D eigenvalue weighted by molar-refractivity contribution is 7.15. The van der Waals surface area contributed by atoms with Crippen molar-refractivity contribution in [2.24, 2.45) is 0 Å². The molecular weight excluding hydrogens is 377 g/mol. The summed E-state index contributed by atoms with van der Waals surface area (Å²) in [4.78, 5) is 6.75. The first kappa shape index (κ1) is 16.3. The molecule has 126 valence electrons. The summed E-state index contributed by atoms with van der Waals surface area (Å²) in [5.74, 6) is 0. The Kier molecular flexibility index (Phi) is 4.33. The van der Waals surface area contributed by atoms with Crippen LogP contribution in [0.1, 0.15) is 10.4 Å². The van der Waals surface area contributed by atoms with Crippen molar-refractivity contribution in [2.75, 3.05) is 5.32 Å². The Morgan fingerprint density at radius 3 is 2.48 bits per heavy atom. The zero-order chi connectivity index (χ0) is 17.4. The molecule has 1 N–H and O–H groups in total. The molecule has 5 nitrogen and oxygen atoms in total. The van der Waals surface area contributed by atoms with Crippen LogP contribution in [0.15, 0.2) is 42.6 Å². The van der Waals surface area contributed by atoms with E-state index in [9.17, 15) is 0 Å². The Bertz CT molecular complexity index is 1040. The maximum Gasteiger partial charge on any atom is 0.183 e. The Morgan fingerprint density at radius 1 is 1.08 bits per heavy atom. The second-order valence-electron chi connectivity index (χ2n) is 5.55. The van der Waals surface area contributed by atoms with E-state index in [0.717, 1.165) is 32.8 Å². The average molecular weight is 390 g/mol. The van der Waals surface area contributed by atoms with Gasteiger partial charge in [-0.1, -0.05) is 23.2 Å². The maximum absolute atomic E-state index is 5.94. The average Bonchev–Trinajstić information content (AvgIpc) is 3.19. The van der Waals surface area contributed by atoms with Crippen molar-refractivity contribution in [2.45, 2.75) is 13.5 Å². The number of nitrogens with zero attached hydrogens (tertiary/aromatic N) is 4. The van der Waals surface area contributed by atoms with Crippen molar-refractivity contribution in [3.63, 3.8) is 0 Å². The molecule has 0 bridgehead atoms. The van der Waals surface area contributed by atoms with Crippen LogP contribution < -0.4 is 5.32 Å². The zero-order valence-corrected chi connectivity index (χ0v) is 15.5. The summed E-state index contributed by atoms with van der Waals surface area (Å²) >= 11 is 13.3. The Morgan fingerprint density at radius 2 is 1.80 bits per heavy atom. The lowest BCUT2D eigenvalue weighted by Crippen LogP contribution is -1.99. The quantitative estimate of drug-likeness (QED) is 0.527. The minimum absolute atomic E-state index is 0.551. The SMILES string of the molecule is Cc1cc2nn(-c3ccc(Cl)cc3)nc2cc1NCc1cnc(Cl)s1. The monoisotopic (exact) mass is 389 g/mol. The fraction of sp³-hybridized carbons (Fsp3) is 0.118. The third-order valence-electron chi connectivity index (χ3n) is 3.76. The fourth-order valence-corrected chi connectivity index (χ4v) is 3.54. The topological polar surface area (TPSA) is 55.6 Å². The van der Waals surface area contributed by atoms with Crippen molar-refractivity contribution >= 4 is 51.3 Å². The first-order valence-electron chi connectivity index (χ1n) is 7.56. The number of benzene rings is 2. The summed E-state index contributed by atoms with van der Waals surface area (Å²) in [5.41, 5.74) is 4.66. The summed E-state index contributed by atoms with van der Waals surface area (Å²) < 4.78 is 0.551. The summed E-state index contributed by atoms with van der Waals surface area (Å²) in [5, 5.41) is 13.2. The van der Waals surface area contributed by atoms with Crippen LogP contribution >= 0.6 is 34.5 Å². The van der Waals surface area contributed by atoms with Gasteiger partial charge < -0.3 is 5.32 Å².